The Balaban J connectivity index is 1.25. The maximum atomic E-state index is 14.0. The zero-order chi connectivity index (χ0) is 24.4. The van der Waals surface area contributed by atoms with Gasteiger partial charge in [-0.15, -0.1) is 0 Å². The third-order valence-electron chi connectivity index (χ3n) is 6.07. The highest BCUT2D eigenvalue weighted by atomic mass is 19.1. The molecule has 12 heteroatoms. The molecular weight excluding hydrogens is 456 g/mol. The van der Waals surface area contributed by atoms with Gasteiger partial charge in [0.2, 0.25) is 0 Å². The van der Waals surface area contributed by atoms with E-state index in [-0.39, 0.29) is 18.2 Å². The van der Waals surface area contributed by atoms with Crippen LogP contribution in [0.2, 0.25) is 0 Å². The molecule has 1 amide bonds. The van der Waals surface area contributed by atoms with E-state index in [4.69, 9.17) is 0 Å². The fourth-order valence-electron chi connectivity index (χ4n) is 4.26. The van der Waals surface area contributed by atoms with E-state index in [1.165, 1.54) is 11.2 Å². The quantitative estimate of drug-likeness (QED) is 0.453. The van der Waals surface area contributed by atoms with Crippen molar-refractivity contribution in [3.8, 4) is 17.3 Å². The van der Waals surface area contributed by atoms with Crippen LogP contribution in [0.4, 0.5) is 8.78 Å². The van der Waals surface area contributed by atoms with Gasteiger partial charge in [-0.3, -0.25) is 14.4 Å². The molecule has 1 unspecified atom stereocenters. The summed E-state index contributed by atoms with van der Waals surface area (Å²) in [7, 11) is 0. The third kappa shape index (κ3) is 4.58. The van der Waals surface area contributed by atoms with Gasteiger partial charge in [-0.1, -0.05) is 0 Å². The highest BCUT2D eigenvalue weighted by Gasteiger charge is 2.27. The average Bonchev–Trinajstić information content (AvgIpc) is 3.54. The minimum Gasteiger partial charge on any atom is -0.346 e. The van der Waals surface area contributed by atoms with E-state index in [2.05, 4.69) is 36.0 Å². The minimum absolute atomic E-state index is 0.198. The Morgan fingerprint density at radius 1 is 1.17 bits per heavy atom. The van der Waals surface area contributed by atoms with Crippen molar-refractivity contribution in [3.63, 3.8) is 0 Å². The molecule has 0 aromatic carbocycles. The second-order valence-corrected chi connectivity index (χ2v) is 8.26. The lowest BCUT2D eigenvalue weighted by Crippen LogP contribution is -2.50. The lowest BCUT2D eigenvalue weighted by molar-refractivity contribution is 0.0606. The molecule has 1 aliphatic heterocycles. The van der Waals surface area contributed by atoms with Crippen LogP contribution >= 0.6 is 0 Å². The largest absolute Gasteiger partial charge is 0.346 e. The molecule has 35 heavy (non-hydrogen) atoms. The number of pyridine rings is 1. The van der Waals surface area contributed by atoms with E-state index < -0.39 is 17.5 Å². The highest BCUT2D eigenvalue weighted by molar-refractivity contribution is 5.92. The zero-order valence-electron chi connectivity index (χ0n) is 18.6. The summed E-state index contributed by atoms with van der Waals surface area (Å²) in [6.45, 7) is 2.38. The average molecular weight is 477 g/mol. The minimum atomic E-state index is -0.971. The van der Waals surface area contributed by atoms with Gasteiger partial charge in [-0.2, -0.15) is 10.4 Å². The van der Waals surface area contributed by atoms with Crippen molar-refractivity contribution in [3.05, 3.63) is 60.6 Å². The van der Waals surface area contributed by atoms with Crippen LogP contribution < -0.4 is 0 Å². The van der Waals surface area contributed by atoms with Crippen LogP contribution in [0.25, 0.3) is 22.3 Å². The van der Waals surface area contributed by atoms with E-state index in [1.54, 1.807) is 17.1 Å². The van der Waals surface area contributed by atoms with Crippen LogP contribution in [0.3, 0.4) is 0 Å². The topological polar surface area (TPSA) is 120 Å². The van der Waals surface area contributed by atoms with E-state index in [0.717, 1.165) is 28.5 Å². The summed E-state index contributed by atoms with van der Waals surface area (Å²) in [5.74, 6) is -2.36. The summed E-state index contributed by atoms with van der Waals surface area (Å²) >= 11 is 0. The first kappa shape index (κ1) is 22.5. The molecule has 1 aliphatic rings. The predicted molar refractivity (Wildman–Crippen MR) is 121 cm³/mol. The number of hydrogen-bond acceptors (Lipinski definition) is 7. The number of hydrogen-bond donors (Lipinski definition) is 1. The Morgan fingerprint density at radius 2 is 2.00 bits per heavy atom. The fourth-order valence-corrected chi connectivity index (χ4v) is 4.26. The second kappa shape index (κ2) is 9.55. The lowest BCUT2D eigenvalue weighted by atomic mass is 10.1. The van der Waals surface area contributed by atoms with Crippen molar-refractivity contribution in [2.24, 2.45) is 0 Å². The first-order valence-electron chi connectivity index (χ1n) is 11.1. The number of amides is 1. The van der Waals surface area contributed by atoms with Gasteiger partial charge in [0.05, 0.1) is 36.6 Å². The second-order valence-electron chi connectivity index (χ2n) is 8.26. The Bertz CT molecular complexity index is 1400. The number of fused-ring (bicyclic) bond motifs is 1. The number of nitrogens with one attached hydrogen (secondary N) is 1. The predicted octanol–water partition coefficient (Wildman–Crippen LogP) is 2.41. The van der Waals surface area contributed by atoms with Crippen molar-refractivity contribution in [2.45, 2.75) is 12.5 Å². The van der Waals surface area contributed by atoms with Gasteiger partial charge in [0.25, 0.3) is 5.91 Å². The molecule has 0 aliphatic carbocycles. The Labute approximate surface area is 198 Å². The number of carbonyl (C=O) groups is 1. The molecule has 4 aromatic rings. The van der Waals surface area contributed by atoms with E-state index in [1.807, 2.05) is 12.3 Å². The van der Waals surface area contributed by atoms with Crippen LogP contribution in [0, 0.1) is 23.0 Å². The monoisotopic (exact) mass is 477 g/mol. The van der Waals surface area contributed by atoms with Gasteiger partial charge >= 0.3 is 0 Å². The van der Waals surface area contributed by atoms with Gasteiger partial charge in [-0.05, 0) is 6.07 Å². The van der Waals surface area contributed by atoms with E-state index in [0.29, 0.717) is 38.8 Å². The number of nitrogens with zero attached hydrogens (tertiary/aromatic N) is 8. The Morgan fingerprint density at radius 3 is 2.77 bits per heavy atom. The van der Waals surface area contributed by atoms with Gasteiger partial charge < -0.3 is 9.88 Å². The number of carbonyl (C=O) groups excluding carboxylic acids is 1. The molecule has 5 heterocycles. The highest BCUT2D eigenvalue weighted by Crippen LogP contribution is 2.26. The summed E-state index contributed by atoms with van der Waals surface area (Å²) in [4.78, 5) is 31.5. The van der Waals surface area contributed by atoms with Gasteiger partial charge in [0, 0.05) is 62.1 Å². The van der Waals surface area contributed by atoms with Crippen LogP contribution in [0.5, 0.6) is 0 Å². The number of halogens is 2. The van der Waals surface area contributed by atoms with Gasteiger partial charge in [0.15, 0.2) is 11.5 Å². The summed E-state index contributed by atoms with van der Waals surface area (Å²) in [5.41, 5.74) is 1.93. The standard InChI is InChI=1S/C23H21F2N9O/c24-16-9-19(25)21(28-11-16)23(35)33-7-5-32(6-8-33)13-17(1-3-26)34-12-15(10-31-34)20-18-2-4-27-22(18)30-14-29-20/h2,4,9-12,14,17H,1,5-8,13H2,(H,27,29,30). The molecule has 10 nitrogen and oxygen atoms in total. The molecule has 0 saturated carbocycles. The van der Waals surface area contributed by atoms with Crippen LogP contribution in [-0.4, -0.2) is 78.1 Å². The van der Waals surface area contributed by atoms with Crippen LogP contribution in [-0.2, 0) is 0 Å². The molecule has 1 N–H and O–H groups in total. The van der Waals surface area contributed by atoms with E-state index in [9.17, 15) is 18.8 Å². The summed E-state index contributed by atoms with van der Waals surface area (Å²) in [5, 5.41) is 14.8. The van der Waals surface area contributed by atoms with Crippen molar-refractivity contribution in [2.75, 3.05) is 32.7 Å². The SMILES string of the molecule is N#CCC(CN1CCN(C(=O)c2ncc(F)cc2F)CC1)n1cc(-c2ncnc3[nH]ccc23)cn1. The van der Waals surface area contributed by atoms with E-state index >= 15 is 0 Å². The third-order valence-corrected chi connectivity index (χ3v) is 6.07. The molecule has 0 radical (unpaired) electrons. The summed E-state index contributed by atoms with van der Waals surface area (Å²) < 4.78 is 28.8. The maximum absolute atomic E-state index is 14.0. The molecule has 0 spiro atoms. The first-order chi connectivity index (χ1) is 17.0. The number of aromatic nitrogens is 6. The van der Waals surface area contributed by atoms with Gasteiger partial charge in [-0.25, -0.2) is 23.7 Å². The molecule has 1 fully saturated rings. The Kier molecular flexibility index (Phi) is 6.15. The number of nitriles is 1. The molecule has 1 saturated heterocycles. The molecule has 1 atom stereocenters. The number of rotatable bonds is 6. The summed E-state index contributed by atoms with van der Waals surface area (Å²) in [6, 6.07) is 4.59. The molecular formula is C23H21F2N9O. The normalized spacial score (nSPS) is 15.3. The smallest absolute Gasteiger partial charge is 0.275 e. The molecule has 4 aromatic heterocycles. The fraction of sp³-hybridized carbons (Fsp3) is 0.304. The maximum Gasteiger partial charge on any atom is 0.275 e. The van der Waals surface area contributed by atoms with Crippen LogP contribution in [0.1, 0.15) is 23.0 Å². The molecule has 178 valence electrons. The van der Waals surface area contributed by atoms with Crippen molar-refractivity contribution in [1.82, 2.24) is 39.5 Å². The molecule has 0 bridgehead atoms. The lowest BCUT2D eigenvalue weighted by Gasteiger charge is -2.36. The number of H-pyrrole nitrogens is 1. The Hall–Kier alpha value is -4.24. The number of aromatic amines is 1. The van der Waals surface area contributed by atoms with Crippen LogP contribution in [0.15, 0.2) is 43.2 Å². The number of piperazine rings is 1. The zero-order valence-corrected chi connectivity index (χ0v) is 18.6. The van der Waals surface area contributed by atoms with Crippen molar-refractivity contribution in [1.29, 1.82) is 5.26 Å². The van der Waals surface area contributed by atoms with Gasteiger partial charge in [0.1, 0.15) is 17.8 Å². The first-order valence-corrected chi connectivity index (χ1v) is 11.1. The van der Waals surface area contributed by atoms with Crippen molar-refractivity contribution < 1.29 is 13.6 Å². The molecule has 5 rings (SSSR count). The summed E-state index contributed by atoms with van der Waals surface area (Å²) in [6.07, 6.45) is 7.98. The van der Waals surface area contributed by atoms with Crippen molar-refractivity contribution >= 4 is 16.9 Å².